The number of piperazine rings is 1. The van der Waals surface area contributed by atoms with Crippen LogP contribution in [0.1, 0.15) is 18.1 Å². The second kappa shape index (κ2) is 9.50. The highest BCUT2D eigenvalue weighted by Crippen LogP contribution is 2.18. The van der Waals surface area contributed by atoms with E-state index in [1.807, 2.05) is 6.92 Å². The zero-order valence-corrected chi connectivity index (χ0v) is 16.8. The van der Waals surface area contributed by atoms with Crippen molar-refractivity contribution in [2.75, 3.05) is 38.6 Å². The number of carbonyl (C=O) groups excluding carboxylic acids is 1. The number of rotatable bonds is 6. The number of benzene rings is 2. The molecule has 3 rings (SSSR count). The number of hydrogen-bond donors (Lipinski definition) is 3. The zero-order chi connectivity index (χ0) is 20.8. The van der Waals surface area contributed by atoms with E-state index in [9.17, 15) is 9.18 Å². The molecule has 7 heteroatoms. The Kier molecular flexibility index (Phi) is 6.81. The maximum atomic E-state index is 13.6. The molecular formula is C22H27FN4O2+2. The summed E-state index contributed by atoms with van der Waals surface area (Å²) in [6.45, 7) is 6.20. The second-order valence-corrected chi connectivity index (χ2v) is 7.44. The predicted molar refractivity (Wildman–Crippen MR) is 107 cm³/mol. The average Bonchev–Trinajstić information content (AvgIpc) is 2.74. The predicted octanol–water partition coefficient (Wildman–Crippen LogP) is 0.0166. The largest absolute Gasteiger partial charge is 0.496 e. The number of nitrogens with one attached hydrogen (secondary N) is 3. The molecule has 152 valence electrons. The van der Waals surface area contributed by atoms with Crippen molar-refractivity contribution in [3.8, 4) is 11.8 Å². The molecule has 1 saturated heterocycles. The minimum atomic E-state index is -0.252. The molecule has 0 saturated carbocycles. The molecule has 29 heavy (non-hydrogen) atoms. The van der Waals surface area contributed by atoms with Crippen LogP contribution in [-0.2, 0) is 11.3 Å². The number of halogens is 1. The third kappa shape index (κ3) is 5.31. The minimum Gasteiger partial charge on any atom is -0.496 e. The molecule has 0 aliphatic carbocycles. The summed E-state index contributed by atoms with van der Waals surface area (Å²) in [4.78, 5) is 15.2. The van der Waals surface area contributed by atoms with E-state index in [2.05, 4.69) is 11.4 Å². The Morgan fingerprint density at radius 3 is 2.52 bits per heavy atom. The number of carbonyl (C=O) groups is 1. The Bertz CT molecular complexity index is 887. The Morgan fingerprint density at radius 1 is 1.21 bits per heavy atom. The van der Waals surface area contributed by atoms with Gasteiger partial charge >= 0.3 is 0 Å². The van der Waals surface area contributed by atoms with E-state index in [0.717, 1.165) is 31.7 Å². The van der Waals surface area contributed by atoms with Gasteiger partial charge in [0.25, 0.3) is 5.91 Å². The summed E-state index contributed by atoms with van der Waals surface area (Å²) in [5, 5.41) is 11.8. The van der Waals surface area contributed by atoms with Crippen LogP contribution in [0.15, 0.2) is 42.5 Å². The van der Waals surface area contributed by atoms with Gasteiger partial charge in [-0.05, 0) is 49.4 Å². The van der Waals surface area contributed by atoms with Crippen LogP contribution in [0.2, 0.25) is 0 Å². The SMILES string of the molecule is COc1ccc(F)cc1C[NH+]1CC[NH+]([C@H](C)C(=O)Nc2ccc(C#N)cc2)CC1. The van der Waals surface area contributed by atoms with Gasteiger partial charge in [0.2, 0.25) is 0 Å². The molecule has 1 amide bonds. The van der Waals surface area contributed by atoms with Gasteiger partial charge < -0.3 is 19.9 Å². The first-order valence-electron chi connectivity index (χ1n) is 9.81. The zero-order valence-electron chi connectivity index (χ0n) is 16.8. The number of nitrogens with zero attached hydrogens (tertiary/aromatic N) is 1. The first-order valence-corrected chi connectivity index (χ1v) is 9.81. The summed E-state index contributed by atoms with van der Waals surface area (Å²) in [5.74, 6) is 0.432. The molecule has 1 heterocycles. The molecule has 0 unspecified atom stereocenters. The molecule has 1 aliphatic heterocycles. The van der Waals surface area contributed by atoms with E-state index in [0.29, 0.717) is 23.5 Å². The van der Waals surface area contributed by atoms with Crippen LogP contribution in [-0.4, -0.2) is 45.2 Å². The molecule has 6 nitrogen and oxygen atoms in total. The van der Waals surface area contributed by atoms with Crippen LogP contribution < -0.4 is 19.9 Å². The Labute approximate surface area is 170 Å². The highest BCUT2D eigenvalue weighted by atomic mass is 19.1. The van der Waals surface area contributed by atoms with Crippen molar-refractivity contribution < 1.29 is 23.7 Å². The van der Waals surface area contributed by atoms with Crippen molar-refractivity contribution in [1.82, 2.24) is 0 Å². The van der Waals surface area contributed by atoms with Gasteiger partial charge in [-0.1, -0.05) is 0 Å². The third-order valence-electron chi connectivity index (χ3n) is 5.57. The van der Waals surface area contributed by atoms with Gasteiger partial charge in [0.05, 0.1) is 24.3 Å². The van der Waals surface area contributed by atoms with Crippen molar-refractivity contribution in [3.05, 3.63) is 59.4 Å². The van der Waals surface area contributed by atoms with Crippen LogP contribution in [0, 0.1) is 17.1 Å². The molecule has 0 aromatic heterocycles. The fraction of sp³-hybridized carbons (Fsp3) is 0.364. The molecule has 0 radical (unpaired) electrons. The van der Waals surface area contributed by atoms with E-state index in [4.69, 9.17) is 10.00 Å². The standard InChI is InChI=1S/C22H25FN4O2/c1-16(22(28)25-20-6-3-17(14-24)4-7-20)27-11-9-26(10-12-27)15-18-13-19(23)5-8-21(18)29-2/h3-8,13,16H,9-12,15H2,1-2H3,(H,25,28)/p+2/t16-/m1/s1. The molecule has 0 spiro atoms. The summed E-state index contributed by atoms with van der Waals surface area (Å²) in [7, 11) is 1.60. The molecule has 2 aromatic carbocycles. The van der Waals surface area contributed by atoms with Crippen LogP contribution in [0.4, 0.5) is 10.1 Å². The van der Waals surface area contributed by atoms with E-state index in [1.165, 1.54) is 15.9 Å². The highest BCUT2D eigenvalue weighted by molar-refractivity contribution is 5.93. The van der Waals surface area contributed by atoms with Crippen molar-refractivity contribution in [1.29, 1.82) is 5.26 Å². The Hall–Kier alpha value is -2.95. The smallest absolute Gasteiger partial charge is 0.282 e. The Morgan fingerprint density at radius 2 is 1.90 bits per heavy atom. The quantitative estimate of drug-likeness (QED) is 0.642. The monoisotopic (exact) mass is 398 g/mol. The molecule has 1 aliphatic rings. The number of anilines is 1. The summed E-state index contributed by atoms with van der Waals surface area (Å²) in [6, 6.07) is 13.4. The van der Waals surface area contributed by atoms with Crippen molar-refractivity contribution in [2.45, 2.75) is 19.5 Å². The van der Waals surface area contributed by atoms with Gasteiger partial charge in [0.15, 0.2) is 6.04 Å². The summed E-state index contributed by atoms with van der Waals surface area (Å²) in [6.07, 6.45) is 0. The molecule has 1 fully saturated rings. The Balaban J connectivity index is 1.52. The lowest BCUT2D eigenvalue weighted by Gasteiger charge is -2.32. The van der Waals surface area contributed by atoms with Gasteiger partial charge in [-0.2, -0.15) is 5.26 Å². The van der Waals surface area contributed by atoms with E-state index < -0.39 is 0 Å². The van der Waals surface area contributed by atoms with Crippen LogP contribution >= 0.6 is 0 Å². The maximum Gasteiger partial charge on any atom is 0.282 e. The number of hydrogen-bond acceptors (Lipinski definition) is 3. The van der Waals surface area contributed by atoms with Crippen LogP contribution in [0.5, 0.6) is 5.75 Å². The molecular weight excluding hydrogens is 371 g/mol. The summed E-state index contributed by atoms with van der Waals surface area (Å²) >= 11 is 0. The van der Waals surface area contributed by atoms with E-state index in [-0.39, 0.29) is 17.8 Å². The molecule has 2 aromatic rings. The molecule has 1 atom stereocenters. The van der Waals surface area contributed by atoms with Gasteiger partial charge in [-0.25, -0.2) is 4.39 Å². The number of quaternary nitrogens is 2. The molecule has 0 bridgehead atoms. The van der Waals surface area contributed by atoms with Crippen molar-refractivity contribution in [2.24, 2.45) is 0 Å². The van der Waals surface area contributed by atoms with Gasteiger partial charge in [0, 0.05) is 5.69 Å². The first-order chi connectivity index (χ1) is 14.0. The first kappa shape index (κ1) is 20.8. The average molecular weight is 398 g/mol. The second-order valence-electron chi connectivity index (χ2n) is 7.44. The molecule has 3 N–H and O–H groups in total. The van der Waals surface area contributed by atoms with E-state index >= 15 is 0 Å². The lowest BCUT2D eigenvalue weighted by Crippen LogP contribution is -3.29. The summed E-state index contributed by atoms with van der Waals surface area (Å²) in [5.41, 5.74) is 2.14. The number of nitriles is 1. The number of amides is 1. The highest BCUT2D eigenvalue weighted by Gasteiger charge is 2.31. The number of ether oxygens (including phenoxy) is 1. The normalized spacial score (nSPS) is 19.8. The number of methoxy groups -OCH3 is 1. The minimum absolute atomic E-state index is 0.0278. The van der Waals surface area contributed by atoms with Gasteiger partial charge in [0.1, 0.15) is 44.3 Å². The topological polar surface area (TPSA) is 71.0 Å². The van der Waals surface area contributed by atoms with Gasteiger partial charge in [-0.15, -0.1) is 0 Å². The maximum absolute atomic E-state index is 13.6. The van der Waals surface area contributed by atoms with Crippen molar-refractivity contribution >= 4 is 11.6 Å². The lowest BCUT2D eigenvalue weighted by atomic mass is 10.1. The van der Waals surface area contributed by atoms with Gasteiger partial charge in [-0.3, -0.25) is 4.79 Å². The summed E-state index contributed by atoms with van der Waals surface area (Å²) < 4.78 is 18.9. The van der Waals surface area contributed by atoms with E-state index in [1.54, 1.807) is 43.5 Å². The van der Waals surface area contributed by atoms with Crippen molar-refractivity contribution in [3.63, 3.8) is 0 Å². The van der Waals surface area contributed by atoms with Crippen LogP contribution in [0.3, 0.4) is 0 Å². The van der Waals surface area contributed by atoms with Crippen LogP contribution in [0.25, 0.3) is 0 Å². The lowest BCUT2D eigenvalue weighted by molar-refractivity contribution is -1.02. The fourth-order valence-electron chi connectivity index (χ4n) is 3.75. The third-order valence-corrected chi connectivity index (χ3v) is 5.57. The fourth-order valence-corrected chi connectivity index (χ4v) is 3.75.